The average molecular weight is 624 g/mol. The predicted octanol–water partition coefficient (Wildman–Crippen LogP) is 5.04. The van der Waals surface area contributed by atoms with Crippen molar-refractivity contribution in [3.8, 4) is 11.4 Å². The lowest BCUT2D eigenvalue weighted by atomic mass is 10.1. The van der Waals surface area contributed by atoms with Crippen molar-refractivity contribution < 1.29 is 35.2 Å². The number of alkyl halides is 6. The Morgan fingerprint density at radius 2 is 1.75 bits per heavy atom. The van der Waals surface area contributed by atoms with Crippen LogP contribution in [0.5, 0.6) is 0 Å². The number of aromatic nitrogens is 7. The number of hydrogen-bond donors (Lipinski definition) is 2. The number of rotatable bonds is 8. The molecule has 0 spiro atoms. The zero-order valence-corrected chi connectivity index (χ0v) is 22.3. The number of hydrogen-bond acceptors (Lipinski definition) is 9. The quantitative estimate of drug-likeness (QED) is 0.227. The molecule has 0 saturated heterocycles. The molecule has 4 heterocycles. The van der Waals surface area contributed by atoms with Crippen LogP contribution < -0.4 is 16.4 Å². The van der Waals surface area contributed by atoms with Crippen molar-refractivity contribution in [3.05, 3.63) is 92.4 Å². The highest BCUT2D eigenvalue weighted by Crippen LogP contribution is 2.34. The smallest absolute Gasteiger partial charge is 0.423 e. The van der Waals surface area contributed by atoms with Gasteiger partial charge < -0.3 is 14.3 Å². The summed E-state index contributed by atoms with van der Waals surface area (Å²) < 4.78 is 101. The largest absolute Gasteiger partial charge is 0.423 e. The second-order valence-electron chi connectivity index (χ2n) is 9.51. The molecular formula is C26H19F7N8O3. The van der Waals surface area contributed by atoms with Gasteiger partial charge >= 0.3 is 12.4 Å². The number of aromatic amines is 1. The lowest BCUT2D eigenvalue weighted by molar-refractivity contribution is -0.139. The SMILES string of the molecule is Cc1nnc([C@@H](CCCn2ccc3cc(-c4ncc(C(F)(F)F)cn4)c(F)cc3c2=O)Nc2cn[nH]c(=O)c2C(F)(F)F)o1. The lowest BCUT2D eigenvalue weighted by Gasteiger charge is -2.19. The standard InChI is InChI=1S/C26H19F7N8O3/c1-12-38-40-23(44-12)18(37-19-11-36-39-22(42)20(19)26(31,32)33)3-2-5-41-6-4-13-7-16(17(27)8-15(13)24(41)43)21-34-9-14(10-35-21)25(28,29)30/h4,6-11,18H,2-3,5H2,1H3,(H2,37,39,42)/t18-/m1/s1. The number of pyridine rings is 1. The second-order valence-corrected chi connectivity index (χ2v) is 9.51. The molecule has 44 heavy (non-hydrogen) atoms. The maximum Gasteiger partial charge on any atom is 0.423 e. The van der Waals surface area contributed by atoms with Gasteiger partial charge in [0.05, 0.1) is 28.4 Å². The molecule has 0 aliphatic rings. The molecule has 5 rings (SSSR count). The molecule has 0 aliphatic carbocycles. The fourth-order valence-electron chi connectivity index (χ4n) is 4.42. The zero-order chi connectivity index (χ0) is 31.8. The molecule has 230 valence electrons. The molecule has 0 unspecified atom stereocenters. The molecule has 1 aromatic carbocycles. The van der Waals surface area contributed by atoms with Crippen molar-refractivity contribution in [2.45, 2.75) is 44.7 Å². The van der Waals surface area contributed by atoms with Gasteiger partial charge in [-0.1, -0.05) is 0 Å². The van der Waals surface area contributed by atoms with Crippen molar-refractivity contribution in [1.82, 2.24) is 34.9 Å². The fourth-order valence-corrected chi connectivity index (χ4v) is 4.42. The summed E-state index contributed by atoms with van der Waals surface area (Å²) in [4.78, 5) is 32.2. The highest BCUT2D eigenvalue weighted by Gasteiger charge is 2.38. The summed E-state index contributed by atoms with van der Waals surface area (Å²) in [6, 6.07) is 2.64. The molecule has 0 aliphatic heterocycles. The maximum atomic E-state index is 15.0. The first-order valence-electron chi connectivity index (χ1n) is 12.7. The highest BCUT2D eigenvalue weighted by atomic mass is 19.4. The number of halogens is 7. The Morgan fingerprint density at radius 1 is 1.02 bits per heavy atom. The molecule has 18 heteroatoms. The van der Waals surface area contributed by atoms with Gasteiger partial charge in [0.25, 0.3) is 11.1 Å². The van der Waals surface area contributed by atoms with E-state index < -0.39 is 52.1 Å². The molecule has 11 nitrogen and oxygen atoms in total. The Bertz CT molecular complexity index is 1930. The van der Waals surface area contributed by atoms with E-state index in [0.717, 1.165) is 12.3 Å². The summed E-state index contributed by atoms with van der Waals surface area (Å²) in [6.07, 6.45) is -6.20. The number of fused-ring (bicyclic) bond motifs is 1. The highest BCUT2D eigenvalue weighted by molar-refractivity contribution is 5.86. The van der Waals surface area contributed by atoms with Gasteiger partial charge in [-0.05, 0) is 36.4 Å². The predicted molar refractivity (Wildman–Crippen MR) is 139 cm³/mol. The van der Waals surface area contributed by atoms with Crippen molar-refractivity contribution >= 4 is 16.5 Å². The molecule has 1 atom stereocenters. The lowest BCUT2D eigenvalue weighted by Crippen LogP contribution is -2.26. The van der Waals surface area contributed by atoms with Gasteiger partial charge in [-0.2, -0.15) is 31.4 Å². The molecule has 0 fully saturated rings. The summed E-state index contributed by atoms with van der Waals surface area (Å²) in [5.74, 6) is -1.17. The third kappa shape index (κ3) is 6.28. The van der Waals surface area contributed by atoms with Gasteiger partial charge in [-0.25, -0.2) is 19.5 Å². The van der Waals surface area contributed by atoms with Crippen LogP contribution in [0.1, 0.15) is 41.8 Å². The minimum atomic E-state index is -5.00. The molecule has 2 N–H and O–H groups in total. The van der Waals surface area contributed by atoms with Gasteiger partial charge in [0.1, 0.15) is 17.4 Å². The van der Waals surface area contributed by atoms with Crippen LogP contribution in [-0.4, -0.2) is 34.9 Å². The van der Waals surface area contributed by atoms with E-state index in [1.165, 1.54) is 29.8 Å². The Kier molecular flexibility index (Phi) is 7.92. The number of aryl methyl sites for hydroxylation is 2. The van der Waals surface area contributed by atoms with E-state index in [-0.39, 0.29) is 53.3 Å². The number of nitrogens with zero attached hydrogens (tertiary/aromatic N) is 6. The van der Waals surface area contributed by atoms with Crippen LogP contribution in [0.2, 0.25) is 0 Å². The fraction of sp³-hybridized carbons (Fsp3) is 0.269. The summed E-state index contributed by atoms with van der Waals surface area (Å²) in [7, 11) is 0. The van der Waals surface area contributed by atoms with Gasteiger partial charge in [0, 0.05) is 32.1 Å². The van der Waals surface area contributed by atoms with E-state index in [4.69, 9.17) is 4.42 Å². The van der Waals surface area contributed by atoms with Crippen LogP contribution in [-0.2, 0) is 18.9 Å². The minimum Gasteiger partial charge on any atom is -0.423 e. The molecule has 0 radical (unpaired) electrons. The Morgan fingerprint density at radius 3 is 2.39 bits per heavy atom. The monoisotopic (exact) mass is 624 g/mol. The molecule has 0 saturated carbocycles. The van der Waals surface area contributed by atoms with Crippen molar-refractivity contribution in [3.63, 3.8) is 0 Å². The third-order valence-electron chi connectivity index (χ3n) is 6.49. The van der Waals surface area contributed by atoms with Gasteiger partial charge in [0.15, 0.2) is 5.82 Å². The van der Waals surface area contributed by atoms with Crippen LogP contribution in [0.3, 0.4) is 0 Å². The van der Waals surface area contributed by atoms with E-state index in [9.17, 15) is 40.3 Å². The summed E-state index contributed by atoms with van der Waals surface area (Å²) in [5.41, 5.74) is -5.48. The van der Waals surface area contributed by atoms with Gasteiger partial charge in [-0.3, -0.25) is 9.59 Å². The van der Waals surface area contributed by atoms with Crippen LogP contribution in [0.25, 0.3) is 22.2 Å². The average Bonchev–Trinajstić information content (AvgIpc) is 3.38. The van der Waals surface area contributed by atoms with E-state index in [2.05, 4.69) is 30.6 Å². The van der Waals surface area contributed by atoms with Crippen molar-refractivity contribution in [1.29, 1.82) is 0 Å². The first kappa shape index (κ1) is 30.3. The zero-order valence-electron chi connectivity index (χ0n) is 22.3. The minimum absolute atomic E-state index is 0.0329. The number of nitrogens with one attached hydrogen (secondary N) is 2. The first-order valence-corrected chi connectivity index (χ1v) is 12.7. The number of benzene rings is 1. The molecular weight excluding hydrogens is 605 g/mol. The van der Waals surface area contributed by atoms with E-state index in [1.54, 1.807) is 5.10 Å². The van der Waals surface area contributed by atoms with E-state index in [0.29, 0.717) is 12.4 Å². The van der Waals surface area contributed by atoms with Crippen LogP contribution in [0, 0.1) is 12.7 Å². The van der Waals surface area contributed by atoms with Crippen LogP contribution in [0.4, 0.5) is 36.4 Å². The Balaban J connectivity index is 1.37. The Labute approximate surface area is 240 Å². The van der Waals surface area contributed by atoms with Gasteiger partial charge in [-0.15, -0.1) is 10.2 Å². The second kappa shape index (κ2) is 11.5. The van der Waals surface area contributed by atoms with Crippen molar-refractivity contribution in [2.75, 3.05) is 5.32 Å². The molecule has 0 amide bonds. The van der Waals surface area contributed by atoms with Gasteiger partial charge in [0.2, 0.25) is 11.8 Å². The molecule has 5 aromatic rings. The van der Waals surface area contributed by atoms with E-state index in [1.807, 2.05) is 0 Å². The summed E-state index contributed by atoms with van der Waals surface area (Å²) in [6.45, 7) is 1.51. The summed E-state index contributed by atoms with van der Waals surface area (Å²) in [5, 5.41) is 15.5. The summed E-state index contributed by atoms with van der Waals surface area (Å²) >= 11 is 0. The first-order chi connectivity index (χ1) is 20.7. The maximum absolute atomic E-state index is 15.0. The normalized spacial score (nSPS) is 12.9. The van der Waals surface area contributed by atoms with Crippen LogP contribution >= 0.6 is 0 Å². The number of anilines is 1. The third-order valence-corrected chi connectivity index (χ3v) is 6.49. The molecule has 0 bridgehead atoms. The number of H-pyrrole nitrogens is 1. The Hall–Kier alpha value is -5.16. The topological polar surface area (TPSA) is 144 Å². The molecule has 4 aromatic heterocycles. The van der Waals surface area contributed by atoms with E-state index >= 15 is 0 Å². The van der Waals surface area contributed by atoms with Crippen molar-refractivity contribution in [2.24, 2.45) is 0 Å². The van der Waals surface area contributed by atoms with Crippen LogP contribution in [0.15, 0.2) is 57.0 Å².